The number of aryl methyl sites for hydroxylation is 2. The van der Waals surface area contributed by atoms with Gasteiger partial charge in [0.15, 0.2) is 0 Å². The molecule has 0 atom stereocenters. The summed E-state index contributed by atoms with van der Waals surface area (Å²) in [5.41, 5.74) is 6.56. The third-order valence-corrected chi connectivity index (χ3v) is 5.67. The van der Waals surface area contributed by atoms with E-state index in [0.717, 1.165) is 54.5 Å². The molecule has 0 saturated carbocycles. The maximum absolute atomic E-state index is 11.8. The van der Waals surface area contributed by atoms with Gasteiger partial charge in [-0.2, -0.15) is 20.5 Å². The lowest BCUT2D eigenvalue weighted by Crippen LogP contribution is -2.36. The first-order valence-corrected chi connectivity index (χ1v) is 11.7. The molecule has 3 aromatic rings. The second kappa shape index (κ2) is 11.5. The molecule has 0 bridgehead atoms. The summed E-state index contributed by atoms with van der Waals surface area (Å²) in [6.07, 6.45) is 0. The number of esters is 1. The monoisotopic (exact) mass is 471 g/mol. The second-order valence-corrected chi connectivity index (χ2v) is 8.21. The minimum Gasteiger partial charge on any atom is -0.462 e. The van der Waals surface area contributed by atoms with E-state index in [1.165, 1.54) is 5.69 Å². The van der Waals surface area contributed by atoms with Gasteiger partial charge in [0.1, 0.15) is 0 Å². The summed E-state index contributed by atoms with van der Waals surface area (Å²) in [5, 5.41) is 17.6. The predicted molar refractivity (Wildman–Crippen MR) is 136 cm³/mol. The molecule has 1 saturated heterocycles. The molecule has 180 valence electrons. The molecule has 0 aliphatic carbocycles. The number of rotatable bonds is 7. The maximum Gasteiger partial charge on any atom is 0.338 e. The molecule has 8 nitrogen and oxygen atoms in total. The van der Waals surface area contributed by atoms with Gasteiger partial charge in [-0.3, -0.25) is 0 Å². The lowest BCUT2D eigenvalue weighted by Gasteiger charge is -2.28. The summed E-state index contributed by atoms with van der Waals surface area (Å²) >= 11 is 0. The van der Waals surface area contributed by atoms with Crippen molar-refractivity contribution in [3.8, 4) is 0 Å². The topological polar surface area (TPSA) is 88.2 Å². The van der Waals surface area contributed by atoms with Crippen LogP contribution in [-0.4, -0.2) is 38.9 Å². The first-order chi connectivity index (χ1) is 17.0. The highest BCUT2D eigenvalue weighted by Gasteiger charge is 2.11. The maximum atomic E-state index is 11.8. The standard InChI is InChI=1S/C27H29N5O3/c1-4-35-27(33)21-5-7-22(8-6-21)28-30-25-17-20(3)26(18-19(25)2)31-29-23-9-11-24(12-10-23)32-13-15-34-16-14-32/h5-12,17-18H,4,13-16H2,1-3H3/b30-28+,31-29+. The lowest BCUT2D eigenvalue weighted by molar-refractivity contribution is 0.0526. The van der Waals surface area contributed by atoms with Crippen LogP contribution in [0.2, 0.25) is 0 Å². The largest absolute Gasteiger partial charge is 0.462 e. The smallest absolute Gasteiger partial charge is 0.338 e. The van der Waals surface area contributed by atoms with Crippen LogP contribution in [0.25, 0.3) is 0 Å². The van der Waals surface area contributed by atoms with E-state index in [-0.39, 0.29) is 5.97 Å². The van der Waals surface area contributed by atoms with Crippen molar-refractivity contribution in [3.63, 3.8) is 0 Å². The first-order valence-electron chi connectivity index (χ1n) is 11.7. The normalized spacial score (nSPS) is 14.1. The van der Waals surface area contributed by atoms with Crippen molar-refractivity contribution < 1.29 is 14.3 Å². The Hall–Kier alpha value is -3.91. The van der Waals surface area contributed by atoms with Gasteiger partial charge >= 0.3 is 5.97 Å². The van der Waals surface area contributed by atoms with Crippen LogP contribution in [0, 0.1) is 13.8 Å². The van der Waals surface area contributed by atoms with Crippen molar-refractivity contribution in [2.45, 2.75) is 20.8 Å². The number of anilines is 1. The fourth-order valence-electron chi connectivity index (χ4n) is 3.65. The van der Waals surface area contributed by atoms with Gasteiger partial charge in [-0.05, 0) is 92.6 Å². The summed E-state index contributed by atoms with van der Waals surface area (Å²) in [7, 11) is 0. The van der Waals surface area contributed by atoms with Crippen LogP contribution >= 0.6 is 0 Å². The fraction of sp³-hybridized carbons (Fsp3) is 0.296. The van der Waals surface area contributed by atoms with Crippen LogP contribution in [0.5, 0.6) is 0 Å². The predicted octanol–water partition coefficient (Wildman–Crippen LogP) is 7.15. The van der Waals surface area contributed by atoms with E-state index in [0.29, 0.717) is 17.9 Å². The third kappa shape index (κ3) is 6.36. The highest BCUT2D eigenvalue weighted by Crippen LogP contribution is 2.31. The number of benzene rings is 3. The molecule has 0 N–H and O–H groups in total. The van der Waals surface area contributed by atoms with Crippen LogP contribution < -0.4 is 4.90 Å². The van der Waals surface area contributed by atoms with E-state index in [1.54, 1.807) is 31.2 Å². The second-order valence-electron chi connectivity index (χ2n) is 8.21. The number of nitrogens with zero attached hydrogens (tertiary/aromatic N) is 5. The third-order valence-electron chi connectivity index (χ3n) is 5.67. The first kappa shape index (κ1) is 24.2. The van der Waals surface area contributed by atoms with Crippen molar-refractivity contribution in [2.24, 2.45) is 20.5 Å². The highest BCUT2D eigenvalue weighted by atomic mass is 16.5. The number of carbonyl (C=O) groups is 1. The van der Waals surface area contributed by atoms with E-state index in [4.69, 9.17) is 9.47 Å². The highest BCUT2D eigenvalue weighted by molar-refractivity contribution is 5.89. The average Bonchev–Trinajstić information content (AvgIpc) is 2.89. The number of ether oxygens (including phenoxy) is 2. The van der Waals surface area contributed by atoms with Gasteiger partial charge < -0.3 is 14.4 Å². The Bertz CT molecular complexity index is 1210. The Balaban J connectivity index is 1.42. The molecular formula is C27H29N5O3. The molecule has 1 heterocycles. The van der Waals surface area contributed by atoms with Gasteiger partial charge in [-0.1, -0.05) is 0 Å². The van der Waals surface area contributed by atoms with E-state index in [1.807, 2.05) is 38.1 Å². The number of hydrogen-bond donors (Lipinski definition) is 0. The number of azo groups is 2. The van der Waals surface area contributed by atoms with Crippen molar-refractivity contribution in [3.05, 3.63) is 77.4 Å². The average molecular weight is 472 g/mol. The van der Waals surface area contributed by atoms with Crippen LogP contribution in [0.15, 0.2) is 81.1 Å². The SMILES string of the molecule is CCOC(=O)c1ccc(/N=N/c2cc(C)c(/N=N/c3ccc(N4CCOCC4)cc3)cc2C)cc1. The lowest BCUT2D eigenvalue weighted by atomic mass is 10.1. The number of morpholine rings is 1. The number of carbonyl (C=O) groups excluding carboxylic acids is 1. The minimum atomic E-state index is -0.347. The summed E-state index contributed by atoms with van der Waals surface area (Å²) in [5.74, 6) is -0.347. The zero-order chi connectivity index (χ0) is 24.6. The molecule has 3 aromatic carbocycles. The summed E-state index contributed by atoms with van der Waals surface area (Å²) < 4.78 is 10.4. The molecule has 35 heavy (non-hydrogen) atoms. The van der Waals surface area contributed by atoms with Gasteiger partial charge in [0.2, 0.25) is 0 Å². The molecule has 0 unspecified atom stereocenters. The summed E-state index contributed by atoms with van der Waals surface area (Å²) in [6.45, 7) is 9.39. The molecule has 0 radical (unpaired) electrons. The van der Waals surface area contributed by atoms with Gasteiger partial charge in [-0.25, -0.2) is 4.79 Å². The van der Waals surface area contributed by atoms with Gasteiger partial charge in [0, 0.05) is 18.8 Å². The Morgan fingerprint density at radius 1 is 0.829 bits per heavy atom. The minimum absolute atomic E-state index is 0.343. The van der Waals surface area contributed by atoms with Crippen molar-refractivity contribution in [1.82, 2.24) is 0 Å². The Kier molecular flexibility index (Phi) is 7.95. The van der Waals surface area contributed by atoms with Crippen LogP contribution in [-0.2, 0) is 9.47 Å². The number of hydrogen-bond acceptors (Lipinski definition) is 8. The van der Waals surface area contributed by atoms with Gasteiger partial charge in [-0.15, -0.1) is 0 Å². The molecular weight excluding hydrogens is 442 g/mol. The van der Waals surface area contributed by atoms with Crippen molar-refractivity contribution in [2.75, 3.05) is 37.8 Å². The van der Waals surface area contributed by atoms with E-state index in [2.05, 4.69) is 37.5 Å². The zero-order valence-electron chi connectivity index (χ0n) is 20.3. The zero-order valence-corrected chi connectivity index (χ0v) is 20.3. The van der Waals surface area contributed by atoms with Crippen molar-refractivity contribution in [1.29, 1.82) is 0 Å². The molecule has 4 rings (SSSR count). The van der Waals surface area contributed by atoms with E-state index >= 15 is 0 Å². The summed E-state index contributed by atoms with van der Waals surface area (Å²) in [4.78, 5) is 14.1. The van der Waals surface area contributed by atoms with Gasteiger partial charge in [0.05, 0.1) is 48.1 Å². The molecule has 0 amide bonds. The molecule has 1 aliphatic heterocycles. The van der Waals surface area contributed by atoms with Crippen LogP contribution in [0.3, 0.4) is 0 Å². The molecule has 8 heteroatoms. The van der Waals surface area contributed by atoms with Crippen molar-refractivity contribution >= 4 is 34.4 Å². The fourth-order valence-corrected chi connectivity index (χ4v) is 3.65. The Morgan fingerprint density at radius 2 is 1.34 bits per heavy atom. The Morgan fingerprint density at radius 3 is 1.86 bits per heavy atom. The molecule has 0 aromatic heterocycles. The van der Waals surface area contributed by atoms with Gasteiger partial charge in [0.25, 0.3) is 0 Å². The van der Waals surface area contributed by atoms with E-state index < -0.39 is 0 Å². The van der Waals surface area contributed by atoms with Crippen LogP contribution in [0.1, 0.15) is 28.4 Å². The molecule has 1 aliphatic rings. The van der Waals surface area contributed by atoms with Crippen LogP contribution in [0.4, 0.5) is 28.4 Å². The molecule has 1 fully saturated rings. The quantitative estimate of drug-likeness (QED) is 0.270. The van der Waals surface area contributed by atoms with E-state index in [9.17, 15) is 4.79 Å². The Labute approximate surface area is 205 Å². The summed E-state index contributed by atoms with van der Waals surface area (Å²) in [6, 6.07) is 18.8. The molecule has 0 spiro atoms.